The smallest absolute Gasteiger partial charge is 0.339 e. The molecule has 1 saturated heterocycles. The Balaban J connectivity index is 1.21. The minimum Gasteiger partial charge on any atom is -0.493 e. The van der Waals surface area contributed by atoms with Crippen LogP contribution in [-0.4, -0.2) is 48.0 Å². The lowest BCUT2D eigenvalue weighted by atomic mass is 10.0. The molecule has 1 fully saturated rings. The van der Waals surface area contributed by atoms with E-state index in [0.717, 1.165) is 49.8 Å². The maximum absolute atomic E-state index is 12.5. The number of benzene rings is 2. The number of aryl methyl sites for hydroxylation is 1. The van der Waals surface area contributed by atoms with E-state index in [0.29, 0.717) is 23.5 Å². The van der Waals surface area contributed by atoms with Crippen molar-refractivity contribution in [1.82, 2.24) is 10.2 Å². The van der Waals surface area contributed by atoms with E-state index in [-0.39, 0.29) is 22.9 Å². The number of hydrogen-bond acceptors (Lipinski definition) is 7. The number of nitrogens with zero attached hydrogens (tertiary/aromatic N) is 2. The number of nitro benzene ring substituents is 1. The summed E-state index contributed by atoms with van der Waals surface area (Å²) >= 11 is 0. The predicted molar refractivity (Wildman–Crippen MR) is 132 cm³/mol. The first-order valence-corrected chi connectivity index (χ1v) is 11.8. The van der Waals surface area contributed by atoms with E-state index < -0.39 is 10.8 Å². The van der Waals surface area contributed by atoms with Crippen LogP contribution in [0.5, 0.6) is 5.75 Å². The van der Waals surface area contributed by atoms with Gasteiger partial charge in [0.05, 0.1) is 11.5 Å². The Morgan fingerprint density at radius 3 is 2.66 bits per heavy atom. The van der Waals surface area contributed by atoms with Crippen LogP contribution in [-0.2, 0) is 0 Å². The Bertz CT molecular complexity index is 1290. The molecule has 0 spiro atoms. The van der Waals surface area contributed by atoms with Crippen molar-refractivity contribution in [2.75, 3.05) is 26.2 Å². The first-order valence-electron chi connectivity index (χ1n) is 11.8. The Labute approximate surface area is 202 Å². The Morgan fingerprint density at radius 2 is 1.91 bits per heavy atom. The number of fused-ring (bicyclic) bond motifs is 1. The number of para-hydroxylation sites is 1. The first kappa shape index (κ1) is 24.4. The zero-order valence-electron chi connectivity index (χ0n) is 19.9. The quantitative estimate of drug-likeness (QED) is 0.225. The van der Waals surface area contributed by atoms with Gasteiger partial charge in [0.25, 0.3) is 11.6 Å². The summed E-state index contributed by atoms with van der Waals surface area (Å²) in [5.41, 5.74) is 1.66. The van der Waals surface area contributed by atoms with Crippen molar-refractivity contribution in [2.45, 2.75) is 39.2 Å². The molecule has 1 aliphatic heterocycles. The lowest BCUT2D eigenvalue weighted by Crippen LogP contribution is -2.45. The van der Waals surface area contributed by atoms with Crippen LogP contribution in [0.25, 0.3) is 11.0 Å². The second-order valence-corrected chi connectivity index (χ2v) is 8.86. The highest BCUT2D eigenvalue weighted by atomic mass is 16.6. The molecule has 0 atom stereocenters. The number of hydrogen-bond donors (Lipinski definition) is 1. The predicted octanol–water partition coefficient (Wildman–Crippen LogP) is 3.98. The summed E-state index contributed by atoms with van der Waals surface area (Å²) in [6.45, 7) is 6.75. The fourth-order valence-corrected chi connectivity index (χ4v) is 4.39. The lowest BCUT2D eigenvalue weighted by molar-refractivity contribution is -0.385. The average molecular weight is 480 g/mol. The van der Waals surface area contributed by atoms with Crippen LogP contribution in [0, 0.1) is 24.0 Å². The number of likely N-dealkylation sites (tertiary alicyclic amines) is 1. The zero-order chi connectivity index (χ0) is 24.9. The number of nitro groups is 1. The van der Waals surface area contributed by atoms with E-state index in [9.17, 15) is 19.7 Å². The van der Waals surface area contributed by atoms with Gasteiger partial charge in [-0.2, -0.15) is 0 Å². The average Bonchev–Trinajstić information content (AvgIpc) is 2.86. The van der Waals surface area contributed by atoms with Crippen molar-refractivity contribution in [1.29, 1.82) is 0 Å². The molecular formula is C26H29N3O6. The Hall–Kier alpha value is -3.72. The molecule has 9 heteroatoms. The molecule has 184 valence electrons. The van der Waals surface area contributed by atoms with E-state index in [1.165, 1.54) is 12.1 Å². The van der Waals surface area contributed by atoms with Gasteiger partial charge in [0.1, 0.15) is 16.9 Å². The van der Waals surface area contributed by atoms with E-state index >= 15 is 0 Å². The third kappa shape index (κ3) is 5.68. The van der Waals surface area contributed by atoms with E-state index in [1.54, 1.807) is 25.1 Å². The molecule has 9 nitrogen and oxygen atoms in total. The summed E-state index contributed by atoms with van der Waals surface area (Å²) in [6, 6.07) is 11.6. The van der Waals surface area contributed by atoms with Crippen LogP contribution in [0.15, 0.2) is 51.7 Å². The van der Waals surface area contributed by atoms with Gasteiger partial charge >= 0.3 is 5.63 Å². The van der Waals surface area contributed by atoms with Gasteiger partial charge in [-0.3, -0.25) is 14.9 Å². The van der Waals surface area contributed by atoms with E-state index in [4.69, 9.17) is 9.15 Å². The maximum atomic E-state index is 12.5. The van der Waals surface area contributed by atoms with Crippen LogP contribution >= 0.6 is 0 Å². The summed E-state index contributed by atoms with van der Waals surface area (Å²) in [4.78, 5) is 37.4. The third-order valence-electron chi connectivity index (χ3n) is 6.58. The number of rotatable bonds is 8. The third-order valence-corrected chi connectivity index (χ3v) is 6.58. The SMILES string of the molecule is Cc1c(C)c2ccc(OCCCN3CCC(NC(=O)c4ccccc4[N+](=O)[O-])CC3)cc2oc1=O. The summed E-state index contributed by atoms with van der Waals surface area (Å²) < 4.78 is 11.3. The standard InChI is InChI=1S/C26H29N3O6/c1-17-18(2)26(31)35-24-16-20(8-9-21(17)24)34-15-5-12-28-13-10-19(11-14-28)27-25(30)22-6-3-4-7-23(22)29(32)33/h3-4,6-9,16,19H,5,10-15H2,1-2H3,(H,27,30). The van der Waals surface area contributed by atoms with Crippen molar-refractivity contribution >= 4 is 22.6 Å². The molecule has 4 rings (SSSR count). The fourth-order valence-electron chi connectivity index (χ4n) is 4.39. The van der Waals surface area contributed by atoms with Crippen molar-refractivity contribution in [3.8, 4) is 5.75 Å². The number of nitrogens with one attached hydrogen (secondary N) is 1. The number of amides is 1. The molecule has 0 unspecified atom stereocenters. The highest BCUT2D eigenvalue weighted by Crippen LogP contribution is 2.24. The Kier molecular flexibility index (Phi) is 7.45. The highest BCUT2D eigenvalue weighted by Gasteiger charge is 2.24. The minimum absolute atomic E-state index is 0.00541. The van der Waals surface area contributed by atoms with Gasteiger partial charge in [-0.15, -0.1) is 0 Å². The molecule has 1 N–H and O–H groups in total. The normalized spacial score (nSPS) is 14.7. The lowest BCUT2D eigenvalue weighted by Gasteiger charge is -2.32. The molecular weight excluding hydrogens is 450 g/mol. The summed E-state index contributed by atoms with van der Waals surface area (Å²) in [6.07, 6.45) is 2.41. The molecule has 0 radical (unpaired) electrons. The van der Waals surface area contributed by atoms with Crippen LogP contribution in [0.2, 0.25) is 0 Å². The number of carbonyl (C=O) groups excluding carboxylic acids is 1. The molecule has 1 amide bonds. The van der Waals surface area contributed by atoms with Crippen molar-refractivity contribution in [3.05, 3.63) is 79.7 Å². The van der Waals surface area contributed by atoms with E-state index in [2.05, 4.69) is 10.2 Å². The van der Waals surface area contributed by atoms with Gasteiger partial charge in [-0.05, 0) is 56.9 Å². The van der Waals surface area contributed by atoms with Gasteiger partial charge in [0.15, 0.2) is 0 Å². The molecule has 0 saturated carbocycles. The van der Waals surface area contributed by atoms with Gasteiger partial charge in [0.2, 0.25) is 0 Å². The number of ether oxygens (including phenoxy) is 1. The van der Waals surface area contributed by atoms with Crippen LogP contribution in [0.4, 0.5) is 5.69 Å². The van der Waals surface area contributed by atoms with Gasteiger partial charge in [0, 0.05) is 48.8 Å². The molecule has 1 aliphatic rings. The molecule has 0 bridgehead atoms. The van der Waals surface area contributed by atoms with Crippen LogP contribution in [0.3, 0.4) is 0 Å². The van der Waals surface area contributed by atoms with E-state index in [1.807, 2.05) is 19.1 Å². The summed E-state index contributed by atoms with van der Waals surface area (Å²) in [5, 5.41) is 15.0. The van der Waals surface area contributed by atoms with Crippen LogP contribution in [0.1, 0.15) is 40.7 Å². The Morgan fingerprint density at radius 1 is 1.17 bits per heavy atom. The van der Waals surface area contributed by atoms with Gasteiger partial charge in [-0.25, -0.2) is 4.79 Å². The minimum atomic E-state index is -0.532. The van der Waals surface area contributed by atoms with Crippen molar-refractivity contribution in [3.63, 3.8) is 0 Å². The largest absolute Gasteiger partial charge is 0.493 e. The number of carbonyl (C=O) groups is 1. The van der Waals surface area contributed by atoms with Crippen molar-refractivity contribution < 1.29 is 18.9 Å². The second-order valence-electron chi connectivity index (χ2n) is 8.86. The molecule has 3 aromatic rings. The zero-order valence-corrected chi connectivity index (χ0v) is 19.9. The second kappa shape index (κ2) is 10.7. The maximum Gasteiger partial charge on any atom is 0.339 e. The molecule has 1 aromatic heterocycles. The summed E-state index contributed by atoms with van der Waals surface area (Å²) in [7, 11) is 0. The summed E-state index contributed by atoms with van der Waals surface area (Å²) in [5.74, 6) is 0.265. The molecule has 2 heterocycles. The molecule has 2 aromatic carbocycles. The molecule has 35 heavy (non-hydrogen) atoms. The fraction of sp³-hybridized carbons (Fsp3) is 0.385. The highest BCUT2D eigenvalue weighted by molar-refractivity contribution is 5.98. The first-order chi connectivity index (χ1) is 16.8. The number of piperidine rings is 1. The monoisotopic (exact) mass is 479 g/mol. The topological polar surface area (TPSA) is 115 Å². The van der Waals surface area contributed by atoms with Crippen molar-refractivity contribution in [2.24, 2.45) is 0 Å². The van der Waals surface area contributed by atoms with Gasteiger partial charge in [-0.1, -0.05) is 12.1 Å². The molecule has 0 aliphatic carbocycles. The van der Waals surface area contributed by atoms with Gasteiger partial charge < -0.3 is 19.4 Å². The van der Waals surface area contributed by atoms with Crippen LogP contribution < -0.4 is 15.7 Å².